The number of nitrogens with two attached hydrogens (primary N) is 1. The fourth-order valence-electron chi connectivity index (χ4n) is 0.498. The first-order valence-corrected chi connectivity index (χ1v) is 3.23. The van der Waals surface area contributed by atoms with Gasteiger partial charge in [-0.15, -0.1) is 0 Å². The first-order valence-electron chi connectivity index (χ1n) is 3.23. The van der Waals surface area contributed by atoms with Crippen molar-refractivity contribution in [3.8, 4) is 0 Å². The molecule has 3 amide bonds. The largest absolute Gasteiger partial charge is 0.383 e. The van der Waals surface area contributed by atoms with E-state index in [2.05, 4.69) is 5.73 Å². The molecule has 0 aromatic carbocycles. The molecule has 0 rings (SSSR count). The standard InChI is InChI=1S/C6H12N2O3/c1-3(2)4(9)5(10)8-6(7)11/h3-4,9H,1-2H3,(H3,7,8,10,11). The molecule has 0 fully saturated rings. The molecule has 0 bridgehead atoms. The number of imide groups is 1. The average Bonchev–Trinajstić information content (AvgIpc) is 1.84. The molecule has 0 spiro atoms. The highest BCUT2D eigenvalue weighted by molar-refractivity contribution is 5.95. The van der Waals surface area contributed by atoms with Gasteiger partial charge in [0.1, 0.15) is 6.10 Å². The number of urea groups is 1. The number of carbonyl (C=O) groups excluding carboxylic acids is 2. The van der Waals surface area contributed by atoms with Gasteiger partial charge in [-0.1, -0.05) is 13.8 Å². The topological polar surface area (TPSA) is 92.4 Å². The van der Waals surface area contributed by atoms with Crippen molar-refractivity contribution in [1.82, 2.24) is 5.32 Å². The molecule has 0 radical (unpaired) electrons. The maximum absolute atomic E-state index is 10.7. The Morgan fingerprint density at radius 2 is 1.91 bits per heavy atom. The maximum Gasteiger partial charge on any atom is 0.318 e. The molecule has 0 aliphatic carbocycles. The third-order valence-electron chi connectivity index (χ3n) is 1.15. The minimum atomic E-state index is -1.18. The fraction of sp³-hybridized carbons (Fsp3) is 0.667. The number of aliphatic hydroxyl groups is 1. The van der Waals surface area contributed by atoms with Crippen LogP contribution >= 0.6 is 0 Å². The van der Waals surface area contributed by atoms with E-state index in [-0.39, 0.29) is 5.92 Å². The number of aliphatic hydroxyl groups excluding tert-OH is 1. The second-order valence-electron chi connectivity index (χ2n) is 2.54. The molecule has 4 N–H and O–H groups in total. The minimum Gasteiger partial charge on any atom is -0.383 e. The van der Waals surface area contributed by atoms with Crippen molar-refractivity contribution in [3.63, 3.8) is 0 Å². The van der Waals surface area contributed by atoms with Gasteiger partial charge < -0.3 is 10.8 Å². The van der Waals surface area contributed by atoms with Gasteiger partial charge in [-0.3, -0.25) is 10.1 Å². The van der Waals surface area contributed by atoms with Gasteiger partial charge in [0.25, 0.3) is 5.91 Å². The van der Waals surface area contributed by atoms with E-state index >= 15 is 0 Å². The van der Waals surface area contributed by atoms with E-state index in [9.17, 15) is 9.59 Å². The van der Waals surface area contributed by atoms with Crippen LogP contribution in [-0.2, 0) is 4.79 Å². The molecule has 5 heteroatoms. The average molecular weight is 160 g/mol. The minimum absolute atomic E-state index is 0.227. The van der Waals surface area contributed by atoms with Crippen LogP contribution in [0.2, 0.25) is 0 Å². The number of rotatable bonds is 2. The third-order valence-corrected chi connectivity index (χ3v) is 1.15. The van der Waals surface area contributed by atoms with Crippen LogP contribution in [-0.4, -0.2) is 23.1 Å². The number of hydrogen-bond acceptors (Lipinski definition) is 3. The summed E-state index contributed by atoms with van der Waals surface area (Å²) >= 11 is 0. The molecule has 1 atom stereocenters. The highest BCUT2D eigenvalue weighted by Crippen LogP contribution is 1.99. The monoisotopic (exact) mass is 160 g/mol. The van der Waals surface area contributed by atoms with E-state index in [4.69, 9.17) is 5.11 Å². The molecule has 0 heterocycles. The number of amides is 3. The smallest absolute Gasteiger partial charge is 0.318 e. The summed E-state index contributed by atoms with van der Waals surface area (Å²) in [5, 5.41) is 10.8. The molecule has 0 aromatic heterocycles. The van der Waals surface area contributed by atoms with Crippen molar-refractivity contribution in [1.29, 1.82) is 0 Å². The molecule has 0 saturated carbocycles. The van der Waals surface area contributed by atoms with Gasteiger partial charge in [0, 0.05) is 0 Å². The Balaban J connectivity index is 3.93. The lowest BCUT2D eigenvalue weighted by atomic mass is 10.1. The van der Waals surface area contributed by atoms with E-state index in [0.717, 1.165) is 0 Å². The highest BCUT2D eigenvalue weighted by Gasteiger charge is 2.19. The lowest BCUT2D eigenvalue weighted by Gasteiger charge is -2.11. The predicted molar refractivity (Wildman–Crippen MR) is 38.6 cm³/mol. The Bertz CT molecular complexity index is 167. The van der Waals surface area contributed by atoms with Crippen LogP contribution in [0.15, 0.2) is 0 Å². The van der Waals surface area contributed by atoms with Crippen molar-refractivity contribution < 1.29 is 14.7 Å². The van der Waals surface area contributed by atoms with Gasteiger partial charge in [0.05, 0.1) is 0 Å². The number of carbonyl (C=O) groups is 2. The lowest BCUT2D eigenvalue weighted by molar-refractivity contribution is -0.130. The predicted octanol–water partition coefficient (Wildman–Crippen LogP) is -0.802. The van der Waals surface area contributed by atoms with Crippen LogP contribution in [0.5, 0.6) is 0 Å². The van der Waals surface area contributed by atoms with Crippen molar-refractivity contribution in [2.75, 3.05) is 0 Å². The number of nitrogens with one attached hydrogen (secondary N) is 1. The molecular weight excluding hydrogens is 148 g/mol. The fourth-order valence-corrected chi connectivity index (χ4v) is 0.498. The van der Waals surface area contributed by atoms with Gasteiger partial charge in [-0.05, 0) is 5.92 Å². The van der Waals surface area contributed by atoms with Gasteiger partial charge in [-0.2, -0.15) is 0 Å². The summed E-state index contributed by atoms with van der Waals surface area (Å²) in [6, 6.07) is -0.949. The van der Waals surface area contributed by atoms with Crippen LogP contribution < -0.4 is 11.1 Å². The summed E-state index contributed by atoms with van der Waals surface area (Å²) in [4.78, 5) is 20.8. The molecular formula is C6H12N2O3. The summed E-state index contributed by atoms with van der Waals surface area (Å²) < 4.78 is 0. The van der Waals surface area contributed by atoms with E-state index in [1.165, 1.54) is 0 Å². The Hall–Kier alpha value is -1.10. The summed E-state index contributed by atoms with van der Waals surface area (Å²) in [5.41, 5.74) is 4.65. The van der Waals surface area contributed by atoms with Crippen LogP contribution in [0.25, 0.3) is 0 Å². The Labute approximate surface area is 64.6 Å². The molecule has 0 aromatic rings. The summed E-state index contributed by atoms with van der Waals surface area (Å²) in [7, 11) is 0. The SMILES string of the molecule is CC(C)C(O)C(=O)NC(N)=O. The number of hydrogen-bond donors (Lipinski definition) is 3. The van der Waals surface area contributed by atoms with Crippen LogP contribution in [0, 0.1) is 5.92 Å². The van der Waals surface area contributed by atoms with E-state index in [1.807, 2.05) is 0 Å². The molecule has 1 unspecified atom stereocenters. The van der Waals surface area contributed by atoms with E-state index in [1.54, 1.807) is 19.2 Å². The normalized spacial score (nSPS) is 12.7. The van der Waals surface area contributed by atoms with E-state index in [0.29, 0.717) is 0 Å². The number of primary amides is 1. The molecule has 5 nitrogen and oxygen atoms in total. The van der Waals surface area contributed by atoms with Crippen molar-refractivity contribution in [2.24, 2.45) is 11.7 Å². The summed E-state index contributed by atoms with van der Waals surface area (Å²) in [5.74, 6) is -0.984. The Morgan fingerprint density at radius 3 is 2.18 bits per heavy atom. The van der Waals surface area contributed by atoms with Crippen molar-refractivity contribution >= 4 is 11.9 Å². The second-order valence-corrected chi connectivity index (χ2v) is 2.54. The highest BCUT2D eigenvalue weighted by atomic mass is 16.3. The first kappa shape index (κ1) is 9.90. The molecule has 0 aliphatic heterocycles. The Morgan fingerprint density at radius 1 is 1.45 bits per heavy atom. The van der Waals surface area contributed by atoms with Gasteiger partial charge in [0.2, 0.25) is 0 Å². The molecule has 11 heavy (non-hydrogen) atoms. The van der Waals surface area contributed by atoms with Gasteiger partial charge in [-0.25, -0.2) is 4.79 Å². The zero-order valence-electron chi connectivity index (χ0n) is 6.50. The van der Waals surface area contributed by atoms with Crippen LogP contribution in [0.1, 0.15) is 13.8 Å². The van der Waals surface area contributed by atoms with Gasteiger partial charge >= 0.3 is 6.03 Å². The summed E-state index contributed by atoms with van der Waals surface area (Å²) in [6.07, 6.45) is -1.18. The zero-order chi connectivity index (χ0) is 9.02. The zero-order valence-corrected chi connectivity index (χ0v) is 6.50. The Kier molecular flexibility index (Phi) is 3.53. The van der Waals surface area contributed by atoms with Gasteiger partial charge in [0.15, 0.2) is 0 Å². The summed E-state index contributed by atoms with van der Waals surface area (Å²) in [6.45, 7) is 3.32. The third kappa shape index (κ3) is 3.57. The van der Waals surface area contributed by atoms with Crippen molar-refractivity contribution in [3.05, 3.63) is 0 Å². The van der Waals surface area contributed by atoms with Crippen LogP contribution in [0.3, 0.4) is 0 Å². The maximum atomic E-state index is 10.7. The molecule has 64 valence electrons. The van der Waals surface area contributed by atoms with E-state index < -0.39 is 18.0 Å². The molecule has 0 aliphatic rings. The first-order chi connectivity index (χ1) is 4.95. The quantitative estimate of drug-likeness (QED) is 0.493. The lowest BCUT2D eigenvalue weighted by Crippen LogP contribution is -2.43. The second kappa shape index (κ2) is 3.92. The van der Waals surface area contributed by atoms with Crippen LogP contribution in [0.4, 0.5) is 4.79 Å². The van der Waals surface area contributed by atoms with Crippen molar-refractivity contribution in [2.45, 2.75) is 20.0 Å². The molecule has 0 saturated heterocycles.